The molecule has 2 aromatic carbocycles. The maximum absolute atomic E-state index is 10.8. The Labute approximate surface area is 197 Å². The van der Waals surface area contributed by atoms with Crippen molar-refractivity contribution in [3.05, 3.63) is 59.7 Å². The second kappa shape index (κ2) is 12.8. The van der Waals surface area contributed by atoms with Gasteiger partial charge in [-0.25, -0.2) is 25.8 Å². The summed E-state index contributed by atoms with van der Waals surface area (Å²) < 4.78 is 52.1. The van der Waals surface area contributed by atoms with Crippen LogP contribution in [0.3, 0.4) is 0 Å². The van der Waals surface area contributed by atoms with Crippen LogP contribution in [0.25, 0.3) is 0 Å². The molecular formula is C14H9Cl5O8S3. The fourth-order valence-electron chi connectivity index (χ4n) is 1.51. The molecule has 0 unspecified atom stereocenters. The van der Waals surface area contributed by atoms with Gasteiger partial charge in [0.25, 0.3) is 23.3 Å². The minimum atomic E-state index is -3.77. The highest BCUT2D eigenvalue weighted by molar-refractivity contribution is 8.26. The number of benzene rings is 2. The van der Waals surface area contributed by atoms with E-state index in [0.29, 0.717) is 0 Å². The zero-order valence-electron chi connectivity index (χ0n) is 14.0. The van der Waals surface area contributed by atoms with Crippen LogP contribution in [0.4, 0.5) is 0 Å². The normalized spacial score (nSPS) is 10.9. The predicted octanol–water partition coefficient (Wildman–Crippen LogP) is 4.35. The molecule has 2 aromatic rings. The second-order valence-corrected chi connectivity index (χ2v) is 12.7. The first kappa shape index (κ1) is 29.1. The summed E-state index contributed by atoms with van der Waals surface area (Å²) in [5.41, 5.74) is 0.245. The van der Waals surface area contributed by atoms with Gasteiger partial charge < -0.3 is 5.11 Å². The first-order chi connectivity index (χ1) is 13.6. The van der Waals surface area contributed by atoms with E-state index >= 15 is 0 Å². The van der Waals surface area contributed by atoms with Crippen LogP contribution in [0.5, 0.6) is 0 Å². The minimum absolute atomic E-state index is 0.0177. The van der Waals surface area contributed by atoms with E-state index in [4.69, 9.17) is 42.3 Å². The molecule has 0 amide bonds. The van der Waals surface area contributed by atoms with Crippen LogP contribution in [0.15, 0.2) is 58.3 Å². The number of carbonyl (C=O) groups excluding carboxylic acids is 1. The Bertz CT molecular complexity index is 1030. The Morgan fingerprint density at radius 3 is 1.20 bits per heavy atom. The maximum atomic E-state index is 10.8. The lowest BCUT2D eigenvalue weighted by molar-refractivity contribution is 0.0696. The van der Waals surface area contributed by atoms with Crippen molar-refractivity contribution in [3.8, 4) is 0 Å². The monoisotopic (exact) mass is 576 g/mol. The molecule has 0 spiro atoms. The van der Waals surface area contributed by atoms with Crippen molar-refractivity contribution in [3.63, 3.8) is 0 Å². The van der Waals surface area contributed by atoms with Gasteiger partial charge in [-0.05, 0) is 60.1 Å². The zero-order chi connectivity index (χ0) is 23.7. The van der Waals surface area contributed by atoms with Gasteiger partial charge in [-0.3, -0.25) is 4.79 Å². The Morgan fingerprint density at radius 1 is 0.733 bits per heavy atom. The summed E-state index contributed by atoms with van der Waals surface area (Å²) in [5, 5.41) is 7.86. The molecule has 0 bridgehead atoms. The first-order valence-corrected chi connectivity index (χ1v) is 14.6. The fourth-order valence-corrected chi connectivity index (χ4v) is 3.17. The molecule has 0 saturated carbocycles. The molecule has 0 aliphatic heterocycles. The molecule has 30 heavy (non-hydrogen) atoms. The van der Waals surface area contributed by atoms with E-state index < -0.39 is 38.5 Å². The van der Waals surface area contributed by atoms with Gasteiger partial charge in [0.15, 0.2) is 0 Å². The van der Waals surface area contributed by atoms with Crippen molar-refractivity contribution < 1.29 is 35.7 Å². The summed E-state index contributed by atoms with van der Waals surface area (Å²) >= 11 is 5.15. The van der Waals surface area contributed by atoms with E-state index in [1.165, 1.54) is 36.4 Å². The Morgan fingerprint density at radius 2 is 1.00 bits per heavy atom. The molecule has 0 aliphatic carbocycles. The summed E-state index contributed by atoms with van der Waals surface area (Å²) in [6.45, 7) is 0. The van der Waals surface area contributed by atoms with Gasteiger partial charge in [0, 0.05) is 48.3 Å². The van der Waals surface area contributed by atoms with Crippen LogP contribution in [-0.2, 0) is 27.3 Å². The van der Waals surface area contributed by atoms with Crippen LogP contribution in [-0.4, -0.2) is 37.4 Å². The zero-order valence-corrected chi connectivity index (χ0v) is 20.3. The number of carbonyl (C=O) groups is 2. The molecule has 0 aliphatic rings. The summed E-state index contributed by atoms with van der Waals surface area (Å²) in [5.74, 6) is -1.11. The van der Waals surface area contributed by atoms with Gasteiger partial charge in [0.2, 0.25) is 9.23 Å². The number of aromatic carboxylic acids is 1. The third-order valence-corrected chi connectivity index (χ3v) is 5.70. The molecule has 16 heteroatoms. The van der Waals surface area contributed by atoms with Crippen molar-refractivity contribution in [1.29, 1.82) is 0 Å². The standard InChI is InChI=1S/C7H4Cl2O3S.C7H5ClO4S.Cl2OS/c8-7(10)5-1-3-6(4-2-5)13(9,11)12;8-13(11,12)6-3-1-5(2-4-6)7(9)10;1-4(2)3/h1-4H;1-4H,(H,9,10);. The molecule has 8 nitrogen and oxygen atoms in total. The van der Waals surface area contributed by atoms with Gasteiger partial charge in [0.05, 0.1) is 15.4 Å². The summed E-state index contributed by atoms with van der Waals surface area (Å²) in [4.78, 5) is 20.8. The third kappa shape index (κ3) is 12.1. The fraction of sp³-hybridized carbons (Fsp3) is 0. The van der Waals surface area contributed by atoms with Crippen molar-refractivity contribution in [2.24, 2.45) is 0 Å². The van der Waals surface area contributed by atoms with E-state index in [0.717, 1.165) is 12.1 Å². The lowest BCUT2D eigenvalue weighted by atomic mass is 10.2. The molecule has 0 heterocycles. The number of halogens is 5. The highest BCUT2D eigenvalue weighted by atomic mass is 36.0. The van der Waals surface area contributed by atoms with Crippen LogP contribution < -0.4 is 0 Å². The molecule has 2 rings (SSSR count). The number of carboxylic acid groups (broad SMARTS) is 1. The highest BCUT2D eigenvalue weighted by Crippen LogP contribution is 2.16. The largest absolute Gasteiger partial charge is 0.478 e. The predicted molar refractivity (Wildman–Crippen MR) is 116 cm³/mol. The third-order valence-electron chi connectivity index (χ3n) is 2.75. The van der Waals surface area contributed by atoms with E-state index in [9.17, 15) is 26.4 Å². The minimum Gasteiger partial charge on any atom is -0.478 e. The average molecular weight is 579 g/mol. The Kier molecular flexibility index (Phi) is 12.4. The summed E-state index contributed by atoms with van der Waals surface area (Å²) in [6, 6.07) is 9.68. The van der Waals surface area contributed by atoms with Crippen LogP contribution >= 0.6 is 54.3 Å². The summed E-state index contributed by atoms with van der Waals surface area (Å²) in [7, 11) is 9.92. The lowest BCUT2D eigenvalue weighted by Crippen LogP contribution is -1.97. The second-order valence-electron chi connectivity index (χ2n) is 4.69. The quantitative estimate of drug-likeness (QED) is 0.528. The van der Waals surface area contributed by atoms with Crippen LogP contribution in [0.1, 0.15) is 20.7 Å². The van der Waals surface area contributed by atoms with Gasteiger partial charge in [-0.15, -0.1) is 0 Å². The van der Waals surface area contributed by atoms with E-state index in [1.54, 1.807) is 0 Å². The smallest absolute Gasteiger partial charge is 0.335 e. The molecule has 0 radical (unpaired) electrons. The molecular weight excluding hydrogens is 570 g/mol. The molecule has 0 aromatic heterocycles. The maximum Gasteiger partial charge on any atom is 0.335 e. The molecule has 0 atom stereocenters. The Balaban J connectivity index is 0.000000477. The highest BCUT2D eigenvalue weighted by Gasteiger charge is 2.11. The molecule has 1 N–H and O–H groups in total. The van der Waals surface area contributed by atoms with E-state index in [2.05, 4.69) is 21.4 Å². The van der Waals surface area contributed by atoms with Crippen LogP contribution in [0.2, 0.25) is 0 Å². The Hall–Kier alpha value is -0.920. The topological polar surface area (TPSA) is 140 Å². The summed E-state index contributed by atoms with van der Waals surface area (Å²) in [6.07, 6.45) is 0. The van der Waals surface area contributed by atoms with Crippen LogP contribution in [0, 0.1) is 0 Å². The van der Waals surface area contributed by atoms with Crippen molar-refractivity contribution >= 4 is 92.9 Å². The average Bonchev–Trinajstić information content (AvgIpc) is 2.60. The molecule has 0 fully saturated rings. The number of carboxylic acids is 1. The number of rotatable bonds is 4. The van der Waals surface area contributed by atoms with Gasteiger partial charge >= 0.3 is 5.97 Å². The van der Waals surface area contributed by atoms with E-state index in [-0.39, 0.29) is 20.9 Å². The number of hydrogen-bond donors (Lipinski definition) is 1. The van der Waals surface area contributed by atoms with Crippen molar-refractivity contribution in [2.45, 2.75) is 9.79 Å². The SMILES string of the molecule is O=C(Cl)c1ccc(S(=O)(=O)Cl)cc1.O=C(O)c1ccc(S(=O)(=O)Cl)cc1.O=S(Cl)Cl. The van der Waals surface area contributed by atoms with Gasteiger partial charge in [-0.2, -0.15) is 0 Å². The first-order valence-electron chi connectivity index (χ1n) is 6.82. The number of hydrogen-bond acceptors (Lipinski definition) is 7. The lowest BCUT2D eigenvalue weighted by Gasteiger charge is -1.96. The molecule has 0 saturated heterocycles. The molecule has 166 valence electrons. The van der Waals surface area contributed by atoms with Crippen molar-refractivity contribution in [2.75, 3.05) is 0 Å². The van der Waals surface area contributed by atoms with Gasteiger partial charge in [-0.1, -0.05) is 0 Å². The van der Waals surface area contributed by atoms with Crippen molar-refractivity contribution in [1.82, 2.24) is 0 Å². The van der Waals surface area contributed by atoms with Gasteiger partial charge in [0.1, 0.15) is 0 Å². The van der Waals surface area contributed by atoms with E-state index in [1.807, 2.05) is 0 Å².